The highest BCUT2D eigenvalue weighted by atomic mass is 19.4. The molecule has 0 unspecified atom stereocenters. The lowest BCUT2D eigenvalue weighted by molar-refractivity contribution is -0.156. The monoisotopic (exact) mass is 371 g/mol. The summed E-state index contributed by atoms with van der Waals surface area (Å²) >= 11 is 0. The summed E-state index contributed by atoms with van der Waals surface area (Å²) in [6.07, 6.45) is -2.58. The zero-order valence-electron chi connectivity index (χ0n) is 13.5. The van der Waals surface area contributed by atoms with Gasteiger partial charge < -0.3 is 20.2 Å². The summed E-state index contributed by atoms with van der Waals surface area (Å²) in [6.45, 7) is 0. The molecule has 0 saturated heterocycles. The van der Waals surface area contributed by atoms with Gasteiger partial charge in [0.1, 0.15) is 5.52 Å². The van der Waals surface area contributed by atoms with Gasteiger partial charge in [0.2, 0.25) is 0 Å². The van der Waals surface area contributed by atoms with Crippen LogP contribution in [-0.4, -0.2) is 28.1 Å². The zero-order chi connectivity index (χ0) is 18.9. The lowest BCUT2D eigenvalue weighted by atomic mass is 9.86. The summed E-state index contributed by atoms with van der Waals surface area (Å²) in [5, 5.41) is 14.2. The van der Waals surface area contributed by atoms with Crippen molar-refractivity contribution in [2.75, 3.05) is 5.32 Å². The van der Waals surface area contributed by atoms with Crippen molar-refractivity contribution < 1.29 is 32.3 Å². The average Bonchev–Trinajstić information content (AvgIpc) is 2.99. The van der Waals surface area contributed by atoms with Crippen LogP contribution in [0.15, 0.2) is 22.6 Å². The fourth-order valence-electron chi connectivity index (χ4n) is 2.96. The molecule has 1 fully saturated rings. The standard InChI is InChI=1S/C16H16F3N3O4/c17-16(18,19)14-22-11-7-10(5-6-12(11)26-14)21-15(25)20-9-3-1-8(2-4-9)13(23)24/h5-9H,1-4H2,(H,23,24)(H2,20,21,25). The second kappa shape index (κ2) is 6.85. The molecule has 1 heterocycles. The maximum absolute atomic E-state index is 12.6. The van der Waals surface area contributed by atoms with E-state index in [0.29, 0.717) is 25.7 Å². The number of hydrogen-bond donors (Lipinski definition) is 3. The first-order valence-corrected chi connectivity index (χ1v) is 8.00. The first kappa shape index (κ1) is 18.0. The van der Waals surface area contributed by atoms with Gasteiger partial charge in [0.25, 0.3) is 0 Å². The van der Waals surface area contributed by atoms with Gasteiger partial charge >= 0.3 is 24.1 Å². The largest absolute Gasteiger partial charge is 0.481 e. The van der Waals surface area contributed by atoms with Gasteiger partial charge in [-0.15, -0.1) is 0 Å². The number of alkyl halides is 3. The molecule has 0 atom stereocenters. The summed E-state index contributed by atoms with van der Waals surface area (Å²) in [5.74, 6) is -2.55. The normalized spacial score (nSPS) is 20.7. The molecule has 140 valence electrons. The second-order valence-electron chi connectivity index (χ2n) is 6.18. The number of aromatic nitrogens is 1. The molecule has 1 aromatic carbocycles. The van der Waals surface area contributed by atoms with Crippen molar-refractivity contribution in [3.8, 4) is 0 Å². The Balaban J connectivity index is 1.60. The number of aliphatic carboxylic acids is 1. The highest BCUT2D eigenvalue weighted by molar-refractivity contribution is 5.91. The quantitative estimate of drug-likeness (QED) is 0.765. The van der Waals surface area contributed by atoms with Crippen molar-refractivity contribution in [3.05, 3.63) is 24.1 Å². The van der Waals surface area contributed by atoms with Crippen LogP contribution in [-0.2, 0) is 11.0 Å². The number of halogens is 3. The molecule has 3 rings (SSSR count). The molecular weight excluding hydrogens is 355 g/mol. The number of urea groups is 1. The molecule has 0 radical (unpaired) electrons. The Morgan fingerprint density at radius 2 is 1.88 bits per heavy atom. The van der Waals surface area contributed by atoms with Crippen LogP contribution in [0.3, 0.4) is 0 Å². The predicted molar refractivity (Wildman–Crippen MR) is 84.5 cm³/mol. The molecule has 1 aromatic heterocycles. The van der Waals surface area contributed by atoms with Gasteiger partial charge in [-0.1, -0.05) is 0 Å². The van der Waals surface area contributed by atoms with E-state index in [1.807, 2.05) is 0 Å². The minimum absolute atomic E-state index is 0.0166. The highest BCUT2D eigenvalue weighted by Crippen LogP contribution is 2.32. The lowest BCUT2D eigenvalue weighted by Crippen LogP contribution is -2.40. The van der Waals surface area contributed by atoms with Crippen LogP contribution in [0.1, 0.15) is 31.6 Å². The fourth-order valence-corrected chi connectivity index (χ4v) is 2.96. The number of anilines is 1. The Hall–Kier alpha value is -2.78. The molecule has 7 nitrogen and oxygen atoms in total. The summed E-state index contributed by atoms with van der Waals surface area (Å²) in [6, 6.07) is 3.34. The summed E-state index contributed by atoms with van der Waals surface area (Å²) in [5.41, 5.74) is 0.226. The number of nitrogens with one attached hydrogen (secondary N) is 2. The number of carboxylic acid groups (broad SMARTS) is 1. The number of amides is 2. The SMILES string of the molecule is O=C(Nc1ccc2oc(C(F)(F)F)nc2c1)NC1CCC(C(=O)O)CC1. The Morgan fingerprint density at radius 3 is 2.50 bits per heavy atom. The van der Waals surface area contributed by atoms with Crippen LogP contribution in [0.5, 0.6) is 0 Å². The van der Waals surface area contributed by atoms with Crippen LogP contribution >= 0.6 is 0 Å². The van der Waals surface area contributed by atoms with Crippen LogP contribution < -0.4 is 10.6 Å². The molecule has 2 aromatic rings. The molecule has 0 bridgehead atoms. The maximum atomic E-state index is 12.6. The fraction of sp³-hybridized carbons (Fsp3) is 0.438. The van der Waals surface area contributed by atoms with E-state index in [1.54, 1.807) is 0 Å². The zero-order valence-corrected chi connectivity index (χ0v) is 13.5. The lowest BCUT2D eigenvalue weighted by Gasteiger charge is -2.26. The summed E-state index contributed by atoms with van der Waals surface area (Å²) < 4.78 is 42.4. The van der Waals surface area contributed by atoms with Crippen LogP contribution in [0.25, 0.3) is 11.1 Å². The number of carboxylic acids is 1. The molecule has 0 spiro atoms. The molecule has 3 N–H and O–H groups in total. The van der Waals surface area contributed by atoms with E-state index >= 15 is 0 Å². The Kier molecular flexibility index (Phi) is 4.75. The molecule has 2 amide bonds. The molecule has 1 aliphatic carbocycles. The van der Waals surface area contributed by atoms with E-state index in [9.17, 15) is 22.8 Å². The first-order valence-electron chi connectivity index (χ1n) is 8.00. The number of carbonyl (C=O) groups is 2. The minimum atomic E-state index is -4.68. The van der Waals surface area contributed by atoms with Gasteiger partial charge in [0.05, 0.1) is 5.92 Å². The highest BCUT2D eigenvalue weighted by Gasteiger charge is 2.37. The molecular formula is C16H16F3N3O4. The number of rotatable bonds is 3. The van der Waals surface area contributed by atoms with E-state index in [0.717, 1.165) is 0 Å². The Bertz CT molecular complexity index is 826. The third-order valence-corrected chi connectivity index (χ3v) is 4.30. The van der Waals surface area contributed by atoms with Gasteiger partial charge in [0.15, 0.2) is 5.58 Å². The van der Waals surface area contributed by atoms with E-state index in [1.165, 1.54) is 18.2 Å². The van der Waals surface area contributed by atoms with Crippen LogP contribution in [0.2, 0.25) is 0 Å². The molecule has 1 aliphatic rings. The summed E-state index contributed by atoms with van der Waals surface area (Å²) in [4.78, 5) is 26.3. The van der Waals surface area contributed by atoms with Gasteiger partial charge in [-0.25, -0.2) is 9.78 Å². The minimum Gasteiger partial charge on any atom is -0.481 e. The maximum Gasteiger partial charge on any atom is 0.468 e. The van der Waals surface area contributed by atoms with E-state index in [2.05, 4.69) is 20.0 Å². The second-order valence-corrected chi connectivity index (χ2v) is 6.18. The number of carbonyl (C=O) groups excluding carboxylic acids is 1. The molecule has 0 aliphatic heterocycles. The first-order chi connectivity index (χ1) is 12.2. The average molecular weight is 371 g/mol. The van der Waals surface area contributed by atoms with E-state index in [4.69, 9.17) is 5.11 Å². The van der Waals surface area contributed by atoms with Gasteiger partial charge in [-0.2, -0.15) is 13.2 Å². The van der Waals surface area contributed by atoms with E-state index in [-0.39, 0.29) is 28.7 Å². The van der Waals surface area contributed by atoms with Crippen molar-refractivity contribution >= 4 is 28.8 Å². The molecule has 10 heteroatoms. The smallest absolute Gasteiger partial charge is 0.468 e. The molecule has 1 saturated carbocycles. The van der Waals surface area contributed by atoms with Crippen LogP contribution in [0.4, 0.5) is 23.7 Å². The van der Waals surface area contributed by atoms with Crippen molar-refractivity contribution in [3.63, 3.8) is 0 Å². The number of benzene rings is 1. The Labute approximate surface area is 145 Å². The number of fused-ring (bicyclic) bond motifs is 1. The third-order valence-electron chi connectivity index (χ3n) is 4.30. The predicted octanol–water partition coefficient (Wildman–Crippen LogP) is 3.61. The number of hydrogen-bond acceptors (Lipinski definition) is 4. The van der Waals surface area contributed by atoms with Crippen molar-refractivity contribution in [2.45, 2.75) is 37.9 Å². The van der Waals surface area contributed by atoms with Gasteiger partial charge in [-0.05, 0) is 43.9 Å². The molecule has 26 heavy (non-hydrogen) atoms. The van der Waals surface area contributed by atoms with Crippen molar-refractivity contribution in [2.24, 2.45) is 5.92 Å². The Morgan fingerprint density at radius 1 is 1.19 bits per heavy atom. The summed E-state index contributed by atoms with van der Waals surface area (Å²) in [7, 11) is 0. The van der Waals surface area contributed by atoms with Gasteiger partial charge in [0, 0.05) is 11.7 Å². The number of oxazole rings is 1. The van der Waals surface area contributed by atoms with Gasteiger partial charge in [-0.3, -0.25) is 4.79 Å². The van der Waals surface area contributed by atoms with Crippen molar-refractivity contribution in [1.82, 2.24) is 10.3 Å². The van der Waals surface area contributed by atoms with E-state index < -0.39 is 24.1 Å². The van der Waals surface area contributed by atoms with Crippen molar-refractivity contribution in [1.29, 1.82) is 0 Å². The van der Waals surface area contributed by atoms with Crippen LogP contribution in [0, 0.1) is 5.92 Å². The topological polar surface area (TPSA) is 104 Å². The number of nitrogens with zero attached hydrogens (tertiary/aromatic N) is 1. The third kappa shape index (κ3) is 4.06.